The summed E-state index contributed by atoms with van der Waals surface area (Å²) in [5, 5.41) is 7.63. The number of methoxy groups -OCH3 is 1. The van der Waals surface area contributed by atoms with Gasteiger partial charge < -0.3 is 15.0 Å². The Hall–Kier alpha value is -2.34. The molecule has 1 amide bonds. The number of hydrogen-bond acceptors (Lipinski definition) is 4. The lowest BCUT2D eigenvalue weighted by molar-refractivity contribution is 0.0729. The molecule has 2 heterocycles. The third kappa shape index (κ3) is 2.69. The van der Waals surface area contributed by atoms with Crippen molar-refractivity contribution in [1.82, 2.24) is 20.0 Å². The highest BCUT2D eigenvalue weighted by molar-refractivity contribution is 5.93. The molecule has 0 bridgehead atoms. The van der Waals surface area contributed by atoms with Gasteiger partial charge in [0.1, 0.15) is 5.75 Å². The smallest absolute Gasteiger partial charge is 0.274 e. The van der Waals surface area contributed by atoms with E-state index in [1.54, 1.807) is 11.8 Å². The predicted octanol–water partition coefficient (Wildman–Crippen LogP) is 1.14. The van der Waals surface area contributed by atoms with E-state index < -0.39 is 0 Å². The Labute approximate surface area is 129 Å². The minimum Gasteiger partial charge on any atom is -0.496 e. The number of rotatable bonds is 3. The number of para-hydroxylation sites is 1. The molecule has 2 aromatic rings. The Bertz CT molecular complexity index is 675. The van der Waals surface area contributed by atoms with Crippen LogP contribution in [0.25, 0.3) is 11.3 Å². The lowest BCUT2D eigenvalue weighted by Crippen LogP contribution is -2.46. The number of benzene rings is 1. The van der Waals surface area contributed by atoms with Crippen molar-refractivity contribution in [3.8, 4) is 17.0 Å². The number of aryl methyl sites for hydroxylation is 1. The first-order valence-corrected chi connectivity index (χ1v) is 7.38. The zero-order valence-electron chi connectivity index (χ0n) is 12.9. The zero-order valence-corrected chi connectivity index (χ0v) is 12.9. The average Bonchev–Trinajstić information content (AvgIpc) is 2.96. The Morgan fingerprint density at radius 2 is 2.00 bits per heavy atom. The maximum atomic E-state index is 12.5. The van der Waals surface area contributed by atoms with Crippen LogP contribution in [0.1, 0.15) is 10.5 Å². The standard InChI is InChI=1S/C16H20N4O2/c1-19-14(12-5-3-4-6-15(12)22-2)11-13(18-19)16(21)20-9-7-17-8-10-20/h3-6,11,17H,7-10H2,1-2H3. The molecule has 1 aliphatic heterocycles. The summed E-state index contributed by atoms with van der Waals surface area (Å²) in [6.45, 7) is 3.11. The summed E-state index contributed by atoms with van der Waals surface area (Å²) in [7, 11) is 3.48. The van der Waals surface area contributed by atoms with Crippen molar-refractivity contribution < 1.29 is 9.53 Å². The first-order valence-electron chi connectivity index (χ1n) is 7.38. The minimum absolute atomic E-state index is 0.0155. The van der Waals surface area contributed by atoms with E-state index in [1.165, 1.54) is 0 Å². The van der Waals surface area contributed by atoms with Gasteiger partial charge >= 0.3 is 0 Å². The van der Waals surface area contributed by atoms with Crippen LogP contribution in [0.2, 0.25) is 0 Å². The van der Waals surface area contributed by atoms with Crippen LogP contribution in [-0.4, -0.2) is 53.9 Å². The molecule has 1 aromatic carbocycles. The number of nitrogens with one attached hydrogen (secondary N) is 1. The van der Waals surface area contributed by atoms with Crippen LogP contribution in [0.15, 0.2) is 30.3 Å². The first-order chi connectivity index (χ1) is 10.7. The van der Waals surface area contributed by atoms with Crippen LogP contribution in [0, 0.1) is 0 Å². The summed E-state index contributed by atoms with van der Waals surface area (Å²) in [5.41, 5.74) is 2.28. The van der Waals surface area contributed by atoms with Crippen LogP contribution in [0.5, 0.6) is 5.75 Å². The van der Waals surface area contributed by atoms with Crippen LogP contribution in [0.4, 0.5) is 0 Å². The number of piperazine rings is 1. The summed E-state index contributed by atoms with van der Waals surface area (Å²) in [6, 6.07) is 9.57. The van der Waals surface area contributed by atoms with Crippen LogP contribution in [0.3, 0.4) is 0 Å². The molecular formula is C16H20N4O2. The van der Waals surface area contributed by atoms with E-state index in [-0.39, 0.29) is 5.91 Å². The largest absolute Gasteiger partial charge is 0.496 e. The molecule has 6 nitrogen and oxygen atoms in total. The molecule has 0 unspecified atom stereocenters. The molecule has 6 heteroatoms. The van der Waals surface area contributed by atoms with Gasteiger partial charge in [-0.1, -0.05) is 12.1 Å². The van der Waals surface area contributed by atoms with Gasteiger partial charge in [0.2, 0.25) is 0 Å². The maximum absolute atomic E-state index is 12.5. The predicted molar refractivity (Wildman–Crippen MR) is 84.0 cm³/mol. The Balaban J connectivity index is 1.92. The topological polar surface area (TPSA) is 59.4 Å². The Kier molecular flexibility index (Phi) is 4.11. The van der Waals surface area contributed by atoms with Crippen LogP contribution in [-0.2, 0) is 7.05 Å². The summed E-state index contributed by atoms with van der Waals surface area (Å²) in [6.07, 6.45) is 0. The molecule has 1 saturated heterocycles. The molecule has 22 heavy (non-hydrogen) atoms. The van der Waals surface area contributed by atoms with Crippen molar-refractivity contribution in [3.63, 3.8) is 0 Å². The highest BCUT2D eigenvalue weighted by atomic mass is 16.5. The van der Waals surface area contributed by atoms with Gasteiger partial charge in [0.25, 0.3) is 5.91 Å². The lowest BCUT2D eigenvalue weighted by atomic mass is 10.1. The summed E-state index contributed by atoms with van der Waals surface area (Å²) >= 11 is 0. The highest BCUT2D eigenvalue weighted by Gasteiger charge is 2.22. The second-order valence-corrected chi connectivity index (χ2v) is 5.28. The van der Waals surface area contributed by atoms with E-state index in [2.05, 4.69) is 10.4 Å². The van der Waals surface area contributed by atoms with Crippen LogP contribution < -0.4 is 10.1 Å². The summed E-state index contributed by atoms with van der Waals surface area (Å²) in [5.74, 6) is 0.755. The van der Waals surface area contributed by atoms with Crippen LogP contribution >= 0.6 is 0 Å². The number of hydrogen-bond donors (Lipinski definition) is 1. The number of carbonyl (C=O) groups is 1. The number of ether oxygens (including phenoxy) is 1. The van der Waals surface area contributed by atoms with Crippen molar-refractivity contribution >= 4 is 5.91 Å². The van der Waals surface area contributed by atoms with E-state index in [1.807, 2.05) is 42.3 Å². The van der Waals surface area contributed by atoms with Crippen molar-refractivity contribution in [2.24, 2.45) is 7.05 Å². The van der Waals surface area contributed by atoms with Crippen molar-refractivity contribution in [1.29, 1.82) is 0 Å². The maximum Gasteiger partial charge on any atom is 0.274 e. The molecule has 1 N–H and O–H groups in total. The quantitative estimate of drug-likeness (QED) is 0.923. The summed E-state index contributed by atoms with van der Waals surface area (Å²) < 4.78 is 7.13. The average molecular weight is 300 g/mol. The van der Waals surface area contributed by atoms with Gasteiger partial charge in [0.15, 0.2) is 5.69 Å². The van der Waals surface area contributed by atoms with Gasteiger partial charge in [-0.15, -0.1) is 0 Å². The van der Waals surface area contributed by atoms with E-state index in [0.29, 0.717) is 5.69 Å². The fourth-order valence-electron chi connectivity index (χ4n) is 2.71. The van der Waals surface area contributed by atoms with Crippen molar-refractivity contribution in [2.45, 2.75) is 0 Å². The number of amides is 1. The van der Waals surface area contributed by atoms with Gasteiger partial charge in [0.05, 0.1) is 12.8 Å². The monoisotopic (exact) mass is 300 g/mol. The molecule has 0 radical (unpaired) electrons. The molecule has 116 valence electrons. The van der Waals surface area contributed by atoms with Gasteiger partial charge in [-0.25, -0.2) is 0 Å². The molecule has 0 saturated carbocycles. The van der Waals surface area contributed by atoms with E-state index in [0.717, 1.165) is 43.2 Å². The highest BCUT2D eigenvalue weighted by Crippen LogP contribution is 2.29. The molecule has 0 aliphatic carbocycles. The molecule has 3 rings (SSSR count). The molecule has 0 spiro atoms. The number of nitrogens with zero attached hydrogens (tertiary/aromatic N) is 3. The van der Waals surface area contributed by atoms with Gasteiger partial charge in [-0.05, 0) is 18.2 Å². The molecule has 0 atom stereocenters. The fraction of sp³-hybridized carbons (Fsp3) is 0.375. The van der Waals surface area contributed by atoms with Gasteiger partial charge in [0, 0.05) is 38.8 Å². The third-order valence-corrected chi connectivity index (χ3v) is 3.89. The molecular weight excluding hydrogens is 280 g/mol. The van der Waals surface area contributed by atoms with E-state index >= 15 is 0 Å². The molecule has 1 fully saturated rings. The van der Waals surface area contributed by atoms with Crippen molar-refractivity contribution in [3.05, 3.63) is 36.0 Å². The van der Waals surface area contributed by atoms with E-state index in [4.69, 9.17) is 4.74 Å². The third-order valence-electron chi connectivity index (χ3n) is 3.89. The second kappa shape index (κ2) is 6.19. The summed E-state index contributed by atoms with van der Waals surface area (Å²) in [4.78, 5) is 14.4. The number of aromatic nitrogens is 2. The molecule has 1 aromatic heterocycles. The Morgan fingerprint density at radius 3 is 2.73 bits per heavy atom. The SMILES string of the molecule is COc1ccccc1-c1cc(C(=O)N2CCNCC2)nn1C. The van der Waals surface area contributed by atoms with E-state index in [9.17, 15) is 4.79 Å². The van der Waals surface area contributed by atoms with Gasteiger partial charge in [-0.3, -0.25) is 9.48 Å². The fourth-order valence-corrected chi connectivity index (χ4v) is 2.71. The Morgan fingerprint density at radius 1 is 1.27 bits per heavy atom. The number of carbonyl (C=O) groups excluding carboxylic acids is 1. The zero-order chi connectivity index (χ0) is 15.5. The van der Waals surface area contributed by atoms with Crippen molar-refractivity contribution in [2.75, 3.05) is 33.3 Å². The molecule has 1 aliphatic rings. The normalized spacial score (nSPS) is 14.9. The first kappa shape index (κ1) is 14.6. The lowest BCUT2D eigenvalue weighted by Gasteiger charge is -2.26. The second-order valence-electron chi connectivity index (χ2n) is 5.28. The van der Waals surface area contributed by atoms with Gasteiger partial charge in [-0.2, -0.15) is 5.10 Å². The minimum atomic E-state index is -0.0155.